The van der Waals surface area contributed by atoms with E-state index in [1.807, 2.05) is 53.6 Å². The molecule has 0 radical (unpaired) electrons. The summed E-state index contributed by atoms with van der Waals surface area (Å²) in [7, 11) is 0. The van der Waals surface area contributed by atoms with Crippen LogP contribution in [0, 0.1) is 6.92 Å². The van der Waals surface area contributed by atoms with Crippen molar-refractivity contribution in [2.24, 2.45) is 0 Å². The molecule has 1 amide bonds. The van der Waals surface area contributed by atoms with Crippen molar-refractivity contribution in [3.63, 3.8) is 0 Å². The van der Waals surface area contributed by atoms with Crippen molar-refractivity contribution in [1.29, 1.82) is 0 Å². The number of halogens is 1. The highest BCUT2D eigenvalue weighted by Gasteiger charge is 2.23. The van der Waals surface area contributed by atoms with Crippen LogP contribution < -0.4 is 0 Å². The van der Waals surface area contributed by atoms with Crippen molar-refractivity contribution >= 4 is 28.8 Å². The smallest absolute Gasteiger partial charge is 0.236 e. The number of carbonyl (C=O) groups excluding carboxylic acids is 1. The summed E-state index contributed by atoms with van der Waals surface area (Å²) in [6.07, 6.45) is 0.353. The highest BCUT2D eigenvalue weighted by atomic mass is 35.5. The fraction of sp³-hybridized carbons (Fsp3) is 0.333. The molecular weight excluding hydrogens is 394 g/mol. The molecule has 0 atom stereocenters. The lowest BCUT2D eigenvalue weighted by atomic mass is 10.1. The molecule has 0 bridgehead atoms. The number of thiophene rings is 1. The van der Waals surface area contributed by atoms with E-state index >= 15 is 0 Å². The van der Waals surface area contributed by atoms with Gasteiger partial charge in [-0.3, -0.25) is 9.69 Å². The van der Waals surface area contributed by atoms with Crippen molar-refractivity contribution in [1.82, 2.24) is 14.8 Å². The van der Waals surface area contributed by atoms with Crippen LogP contribution in [0.2, 0.25) is 5.02 Å². The third-order valence-corrected chi connectivity index (χ3v) is 6.25. The van der Waals surface area contributed by atoms with Gasteiger partial charge < -0.3 is 9.32 Å². The van der Waals surface area contributed by atoms with Crippen LogP contribution in [0.5, 0.6) is 0 Å². The van der Waals surface area contributed by atoms with Crippen LogP contribution in [0.15, 0.2) is 46.2 Å². The quantitative estimate of drug-likeness (QED) is 0.625. The maximum Gasteiger partial charge on any atom is 0.236 e. The number of oxazole rings is 1. The Morgan fingerprint density at radius 1 is 1.18 bits per heavy atom. The maximum absolute atomic E-state index is 12.6. The molecule has 2 aromatic heterocycles. The van der Waals surface area contributed by atoms with Gasteiger partial charge in [0.1, 0.15) is 5.76 Å². The van der Waals surface area contributed by atoms with Gasteiger partial charge in [-0.1, -0.05) is 35.9 Å². The number of benzene rings is 1. The van der Waals surface area contributed by atoms with Gasteiger partial charge in [-0.15, -0.1) is 11.3 Å². The van der Waals surface area contributed by atoms with E-state index in [0.29, 0.717) is 17.3 Å². The van der Waals surface area contributed by atoms with E-state index in [9.17, 15) is 4.79 Å². The second-order valence-corrected chi connectivity index (χ2v) is 8.28. The number of amides is 1. The molecule has 146 valence electrons. The first-order valence-electron chi connectivity index (χ1n) is 9.34. The minimum atomic E-state index is 0.130. The lowest BCUT2D eigenvalue weighted by Crippen LogP contribution is -2.48. The average Bonchev–Trinajstić information content (AvgIpc) is 3.35. The number of aryl methyl sites for hydroxylation is 1. The highest BCUT2D eigenvalue weighted by Crippen LogP contribution is 2.26. The zero-order valence-electron chi connectivity index (χ0n) is 15.7. The molecule has 1 aromatic carbocycles. The van der Waals surface area contributed by atoms with E-state index < -0.39 is 0 Å². The molecule has 0 spiro atoms. The lowest BCUT2D eigenvalue weighted by molar-refractivity contribution is -0.132. The third kappa shape index (κ3) is 4.29. The number of hydrogen-bond acceptors (Lipinski definition) is 5. The second kappa shape index (κ2) is 8.47. The van der Waals surface area contributed by atoms with Gasteiger partial charge in [0.05, 0.1) is 17.0 Å². The zero-order valence-corrected chi connectivity index (χ0v) is 17.3. The Kier molecular flexibility index (Phi) is 5.80. The van der Waals surface area contributed by atoms with Crippen molar-refractivity contribution in [3.8, 4) is 10.8 Å². The number of piperazine rings is 1. The highest BCUT2D eigenvalue weighted by molar-refractivity contribution is 7.13. The van der Waals surface area contributed by atoms with E-state index in [4.69, 9.17) is 16.0 Å². The van der Waals surface area contributed by atoms with Crippen LogP contribution >= 0.6 is 22.9 Å². The normalized spacial score (nSPS) is 15.1. The minimum Gasteiger partial charge on any atom is -0.440 e. The summed E-state index contributed by atoms with van der Waals surface area (Å²) in [5.74, 6) is 1.68. The first-order valence-corrected chi connectivity index (χ1v) is 10.6. The number of carbonyl (C=O) groups is 1. The SMILES string of the molecule is Cc1oc(-c2cccs2)nc1CN1CCN(C(=O)Cc2ccccc2Cl)CC1. The molecular formula is C21H22ClN3O2S. The average molecular weight is 416 g/mol. The Morgan fingerprint density at radius 2 is 1.96 bits per heavy atom. The molecule has 1 saturated heterocycles. The molecule has 1 aliphatic heterocycles. The molecule has 0 aliphatic carbocycles. The van der Waals surface area contributed by atoms with Gasteiger partial charge in [-0.2, -0.15) is 0 Å². The molecule has 28 heavy (non-hydrogen) atoms. The maximum atomic E-state index is 12.6. The monoisotopic (exact) mass is 415 g/mol. The van der Waals surface area contributed by atoms with Crippen LogP contribution in [-0.4, -0.2) is 46.9 Å². The Hall–Kier alpha value is -2.15. The van der Waals surface area contributed by atoms with Crippen LogP contribution in [0.25, 0.3) is 10.8 Å². The fourth-order valence-corrected chi connectivity index (χ4v) is 4.22. The summed E-state index contributed by atoms with van der Waals surface area (Å²) in [6.45, 7) is 5.80. The molecule has 0 N–H and O–H groups in total. The van der Waals surface area contributed by atoms with Crippen LogP contribution in [0.1, 0.15) is 17.0 Å². The summed E-state index contributed by atoms with van der Waals surface area (Å²) in [6, 6.07) is 11.5. The molecule has 1 aliphatic rings. The first-order chi connectivity index (χ1) is 13.6. The van der Waals surface area contributed by atoms with Crippen LogP contribution in [0.4, 0.5) is 0 Å². The predicted molar refractivity (Wildman–Crippen MR) is 112 cm³/mol. The van der Waals surface area contributed by atoms with E-state index in [0.717, 1.165) is 54.6 Å². The van der Waals surface area contributed by atoms with E-state index in [2.05, 4.69) is 9.88 Å². The minimum absolute atomic E-state index is 0.130. The molecule has 7 heteroatoms. The largest absolute Gasteiger partial charge is 0.440 e. The number of nitrogens with zero attached hydrogens (tertiary/aromatic N) is 3. The molecule has 5 nitrogen and oxygen atoms in total. The molecule has 3 heterocycles. The number of rotatable bonds is 5. The Balaban J connectivity index is 1.32. The van der Waals surface area contributed by atoms with Gasteiger partial charge in [-0.25, -0.2) is 4.98 Å². The Bertz CT molecular complexity index is 946. The van der Waals surface area contributed by atoms with Crippen molar-refractivity contribution < 1.29 is 9.21 Å². The third-order valence-electron chi connectivity index (χ3n) is 5.02. The predicted octanol–water partition coefficient (Wildman–Crippen LogP) is 4.25. The van der Waals surface area contributed by atoms with Crippen LogP contribution in [0.3, 0.4) is 0 Å². The topological polar surface area (TPSA) is 49.6 Å². The van der Waals surface area contributed by atoms with Gasteiger partial charge in [0.2, 0.25) is 11.8 Å². The standard InChI is InChI=1S/C21H22ClN3O2S/c1-15-18(23-21(27-15)19-7-4-12-28-19)14-24-8-10-25(11-9-24)20(26)13-16-5-2-3-6-17(16)22/h2-7,12H,8-11,13-14H2,1H3. The summed E-state index contributed by atoms with van der Waals surface area (Å²) in [5.41, 5.74) is 1.86. The second-order valence-electron chi connectivity index (χ2n) is 6.92. The van der Waals surface area contributed by atoms with Gasteiger partial charge in [-0.05, 0) is 30.0 Å². The molecule has 0 saturated carbocycles. The Labute approximate surface area is 173 Å². The first kappa shape index (κ1) is 19.2. The summed E-state index contributed by atoms with van der Waals surface area (Å²) in [4.78, 5) is 22.6. The molecule has 4 rings (SSSR count). The lowest BCUT2D eigenvalue weighted by Gasteiger charge is -2.34. The molecule has 3 aromatic rings. The van der Waals surface area contributed by atoms with Crippen LogP contribution in [-0.2, 0) is 17.8 Å². The molecule has 0 unspecified atom stereocenters. The van der Waals surface area contributed by atoms with Gasteiger partial charge in [0.25, 0.3) is 0 Å². The summed E-state index contributed by atoms with van der Waals surface area (Å²) in [5, 5.41) is 2.67. The van der Waals surface area contributed by atoms with E-state index in [1.165, 1.54) is 0 Å². The Morgan fingerprint density at radius 3 is 2.68 bits per heavy atom. The van der Waals surface area contributed by atoms with Crippen molar-refractivity contribution in [2.75, 3.05) is 26.2 Å². The summed E-state index contributed by atoms with van der Waals surface area (Å²) >= 11 is 7.81. The van der Waals surface area contributed by atoms with Crippen molar-refractivity contribution in [3.05, 3.63) is 63.8 Å². The van der Waals surface area contributed by atoms with Gasteiger partial charge >= 0.3 is 0 Å². The van der Waals surface area contributed by atoms with E-state index in [-0.39, 0.29) is 5.91 Å². The number of hydrogen-bond donors (Lipinski definition) is 0. The number of aromatic nitrogens is 1. The van der Waals surface area contributed by atoms with E-state index in [1.54, 1.807) is 11.3 Å². The zero-order chi connectivity index (χ0) is 19.5. The molecule has 1 fully saturated rings. The summed E-state index contributed by atoms with van der Waals surface area (Å²) < 4.78 is 5.83. The van der Waals surface area contributed by atoms with Crippen molar-refractivity contribution in [2.45, 2.75) is 19.9 Å². The fourth-order valence-electron chi connectivity index (χ4n) is 3.36. The van der Waals surface area contributed by atoms with Gasteiger partial charge in [0, 0.05) is 37.7 Å². The van der Waals surface area contributed by atoms with Gasteiger partial charge in [0.15, 0.2) is 0 Å².